The van der Waals surface area contributed by atoms with Crippen molar-refractivity contribution in [1.82, 2.24) is 4.98 Å². The minimum Gasteiger partial charge on any atom is -0.459 e. The fraction of sp³-hybridized carbons (Fsp3) is 0. The van der Waals surface area contributed by atoms with E-state index in [1.165, 1.54) is 6.26 Å². The van der Waals surface area contributed by atoms with Gasteiger partial charge in [-0.25, -0.2) is 0 Å². The summed E-state index contributed by atoms with van der Waals surface area (Å²) in [5.74, 6) is -0.427. The summed E-state index contributed by atoms with van der Waals surface area (Å²) in [4.78, 5) is 28.8. The van der Waals surface area contributed by atoms with Crippen LogP contribution in [0.4, 0.5) is 11.4 Å². The third kappa shape index (κ3) is 3.58. The second kappa shape index (κ2) is 7.54. The van der Waals surface area contributed by atoms with Crippen LogP contribution in [0.1, 0.15) is 20.9 Å². The van der Waals surface area contributed by atoms with Crippen molar-refractivity contribution in [3.8, 4) is 0 Å². The highest BCUT2D eigenvalue weighted by molar-refractivity contribution is 6.35. The van der Waals surface area contributed by atoms with Gasteiger partial charge < -0.3 is 15.1 Å². The van der Waals surface area contributed by atoms with E-state index < -0.39 is 0 Å². The predicted octanol–water partition coefficient (Wildman–Crippen LogP) is 4.99. The lowest BCUT2D eigenvalue weighted by Crippen LogP contribution is -2.13. The van der Waals surface area contributed by atoms with Gasteiger partial charge in [0, 0.05) is 22.8 Å². The molecule has 0 unspecified atom stereocenters. The molecular formula is C21H14ClN3O3. The zero-order chi connectivity index (χ0) is 19.5. The lowest BCUT2D eigenvalue weighted by Gasteiger charge is -2.10. The molecule has 0 bridgehead atoms. The van der Waals surface area contributed by atoms with Crippen LogP contribution in [0.15, 0.2) is 77.5 Å². The average Bonchev–Trinajstić information content (AvgIpc) is 3.26. The third-order valence-electron chi connectivity index (χ3n) is 4.12. The van der Waals surface area contributed by atoms with Crippen LogP contribution in [0.3, 0.4) is 0 Å². The van der Waals surface area contributed by atoms with Crippen molar-refractivity contribution in [1.29, 1.82) is 0 Å². The maximum atomic E-state index is 12.6. The van der Waals surface area contributed by atoms with Crippen molar-refractivity contribution in [2.45, 2.75) is 0 Å². The first-order valence-electron chi connectivity index (χ1n) is 8.41. The van der Waals surface area contributed by atoms with Gasteiger partial charge in [0.05, 0.1) is 22.5 Å². The van der Waals surface area contributed by atoms with Crippen LogP contribution < -0.4 is 10.6 Å². The number of fused-ring (bicyclic) bond motifs is 1. The molecule has 2 aromatic carbocycles. The molecule has 2 heterocycles. The summed E-state index contributed by atoms with van der Waals surface area (Å²) in [6, 6.07) is 16.8. The number of carbonyl (C=O) groups excluding carboxylic acids is 2. The van der Waals surface area contributed by atoms with Gasteiger partial charge >= 0.3 is 0 Å². The largest absolute Gasteiger partial charge is 0.459 e. The van der Waals surface area contributed by atoms with Crippen LogP contribution in [0.5, 0.6) is 0 Å². The van der Waals surface area contributed by atoms with E-state index in [1.807, 2.05) is 6.07 Å². The molecule has 0 aliphatic heterocycles. The first-order chi connectivity index (χ1) is 13.6. The Morgan fingerprint density at radius 1 is 0.893 bits per heavy atom. The monoisotopic (exact) mass is 391 g/mol. The topological polar surface area (TPSA) is 84.2 Å². The molecule has 2 amide bonds. The molecule has 0 saturated heterocycles. The summed E-state index contributed by atoms with van der Waals surface area (Å²) in [5.41, 5.74) is 2.24. The molecule has 2 aromatic heterocycles. The van der Waals surface area contributed by atoms with Crippen LogP contribution >= 0.6 is 11.6 Å². The first-order valence-corrected chi connectivity index (χ1v) is 8.79. The van der Waals surface area contributed by atoms with Crippen molar-refractivity contribution in [3.05, 3.63) is 89.5 Å². The van der Waals surface area contributed by atoms with Gasteiger partial charge in [-0.15, -0.1) is 0 Å². The number of benzene rings is 2. The quantitative estimate of drug-likeness (QED) is 0.513. The number of aromatic nitrogens is 1. The number of anilines is 2. The van der Waals surface area contributed by atoms with Crippen molar-refractivity contribution in [2.24, 2.45) is 0 Å². The minimum absolute atomic E-state index is 0.213. The molecule has 0 aliphatic rings. The standard InChI is InChI=1S/C21H14ClN3O3/c22-16-9-10-17(15-3-1-11-23-19(15)16)25-20(26)13-5-7-14(8-6-13)24-21(27)18-4-2-12-28-18/h1-12H,(H,24,27)(H,25,26). The van der Waals surface area contributed by atoms with E-state index in [9.17, 15) is 9.59 Å². The second-order valence-electron chi connectivity index (χ2n) is 5.96. The van der Waals surface area contributed by atoms with E-state index >= 15 is 0 Å². The normalized spacial score (nSPS) is 10.6. The molecule has 0 spiro atoms. The van der Waals surface area contributed by atoms with E-state index in [-0.39, 0.29) is 17.6 Å². The number of hydrogen-bond acceptors (Lipinski definition) is 4. The number of nitrogens with one attached hydrogen (secondary N) is 2. The fourth-order valence-electron chi connectivity index (χ4n) is 2.75. The third-order valence-corrected chi connectivity index (χ3v) is 4.42. The molecule has 0 radical (unpaired) electrons. The number of amides is 2. The summed E-state index contributed by atoms with van der Waals surface area (Å²) < 4.78 is 5.05. The minimum atomic E-state index is -0.359. The van der Waals surface area contributed by atoms with E-state index in [0.717, 1.165) is 5.39 Å². The van der Waals surface area contributed by atoms with E-state index in [1.54, 1.807) is 60.8 Å². The van der Waals surface area contributed by atoms with Crippen molar-refractivity contribution in [3.63, 3.8) is 0 Å². The molecule has 28 heavy (non-hydrogen) atoms. The Kier molecular flexibility index (Phi) is 4.78. The molecule has 2 N–H and O–H groups in total. The highest BCUT2D eigenvalue weighted by Crippen LogP contribution is 2.28. The summed E-state index contributed by atoms with van der Waals surface area (Å²) in [6.45, 7) is 0. The number of pyridine rings is 1. The van der Waals surface area contributed by atoms with Gasteiger partial charge in [-0.1, -0.05) is 11.6 Å². The molecule has 0 fully saturated rings. The molecule has 0 saturated carbocycles. The lowest BCUT2D eigenvalue weighted by molar-refractivity contribution is 0.0995. The Morgan fingerprint density at radius 2 is 1.71 bits per heavy atom. The highest BCUT2D eigenvalue weighted by atomic mass is 35.5. The van der Waals surface area contributed by atoms with Gasteiger partial charge in [-0.3, -0.25) is 14.6 Å². The molecule has 0 atom stereocenters. The van der Waals surface area contributed by atoms with Crippen LogP contribution in [0.25, 0.3) is 10.9 Å². The summed E-state index contributed by atoms with van der Waals surface area (Å²) in [7, 11) is 0. The number of carbonyl (C=O) groups is 2. The Labute approximate surface area is 165 Å². The number of nitrogens with zero attached hydrogens (tertiary/aromatic N) is 1. The molecule has 4 aromatic rings. The Bertz CT molecular complexity index is 1160. The van der Waals surface area contributed by atoms with Gasteiger partial charge in [0.2, 0.25) is 0 Å². The number of rotatable bonds is 4. The summed E-state index contributed by atoms with van der Waals surface area (Å²) in [5, 5.41) is 6.85. The summed E-state index contributed by atoms with van der Waals surface area (Å²) >= 11 is 6.16. The van der Waals surface area contributed by atoms with Crippen molar-refractivity contribution < 1.29 is 14.0 Å². The molecule has 138 valence electrons. The molecule has 0 aliphatic carbocycles. The van der Waals surface area contributed by atoms with Crippen LogP contribution in [0, 0.1) is 0 Å². The number of hydrogen-bond donors (Lipinski definition) is 2. The average molecular weight is 392 g/mol. The van der Waals surface area contributed by atoms with Crippen molar-refractivity contribution >= 4 is 45.7 Å². The number of halogens is 1. The van der Waals surface area contributed by atoms with Crippen molar-refractivity contribution in [2.75, 3.05) is 10.6 Å². The van der Waals surface area contributed by atoms with Gasteiger partial charge in [-0.2, -0.15) is 0 Å². The van der Waals surface area contributed by atoms with E-state index in [2.05, 4.69) is 15.6 Å². The second-order valence-corrected chi connectivity index (χ2v) is 6.36. The SMILES string of the molecule is O=C(Nc1ccc(Cl)c2ncccc12)c1ccc(NC(=O)c2ccco2)cc1. The molecule has 6 nitrogen and oxygen atoms in total. The fourth-order valence-corrected chi connectivity index (χ4v) is 2.96. The number of furan rings is 1. The van der Waals surface area contributed by atoms with E-state index in [0.29, 0.717) is 27.5 Å². The van der Waals surface area contributed by atoms with Gasteiger partial charge in [0.15, 0.2) is 5.76 Å². The predicted molar refractivity (Wildman–Crippen MR) is 108 cm³/mol. The van der Waals surface area contributed by atoms with Gasteiger partial charge in [-0.05, 0) is 60.7 Å². The van der Waals surface area contributed by atoms with Gasteiger partial charge in [0.25, 0.3) is 11.8 Å². The highest BCUT2D eigenvalue weighted by Gasteiger charge is 2.12. The molecule has 4 rings (SSSR count). The Morgan fingerprint density at radius 3 is 2.46 bits per heavy atom. The van der Waals surface area contributed by atoms with Crippen LogP contribution in [-0.2, 0) is 0 Å². The molecular weight excluding hydrogens is 378 g/mol. The van der Waals surface area contributed by atoms with Gasteiger partial charge in [0.1, 0.15) is 0 Å². The Balaban J connectivity index is 1.50. The zero-order valence-electron chi connectivity index (χ0n) is 14.5. The maximum absolute atomic E-state index is 12.6. The smallest absolute Gasteiger partial charge is 0.291 e. The first kappa shape index (κ1) is 17.8. The zero-order valence-corrected chi connectivity index (χ0v) is 15.2. The summed E-state index contributed by atoms with van der Waals surface area (Å²) in [6.07, 6.45) is 3.08. The Hall–Kier alpha value is -3.64. The maximum Gasteiger partial charge on any atom is 0.291 e. The van der Waals surface area contributed by atoms with E-state index in [4.69, 9.17) is 16.0 Å². The molecule has 7 heteroatoms. The van der Waals surface area contributed by atoms with Crippen LogP contribution in [-0.4, -0.2) is 16.8 Å². The van der Waals surface area contributed by atoms with Crippen LogP contribution in [0.2, 0.25) is 5.02 Å². The lowest BCUT2D eigenvalue weighted by atomic mass is 10.1.